The van der Waals surface area contributed by atoms with Crippen LogP contribution >= 0.6 is 0 Å². The molecule has 0 aliphatic heterocycles. The lowest BCUT2D eigenvalue weighted by atomic mass is 9.82. The standard InChI is InChI=1S/C10H17N3O3/c1-16-10(15)9(14)8(12-13-11)7-5-3-2-4-6-7/h7-9,14H,2-6H2,1H3/t8-,9+/m0/s1. The fourth-order valence-electron chi connectivity index (χ4n) is 2.21. The van der Waals surface area contributed by atoms with Gasteiger partial charge in [0.15, 0.2) is 6.10 Å². The van der Waals surface area contributed by atoms with Gasteiger partial charge in [-0.25, -0.2) is 4.79 Å². The molecule has 0 bridgehead atoms. The summed E-state index contributed by atoms with van der Waals surface area (Å²) in [5.41, 5.74) is 8.47. The molecule has 16 heavy (non-hydrogen) atoms. The predicted octanol–water partition coefficient (Wildman–Crippen LogP) is 1.78. The van der Waals surface area contributed by atoms with E-state index in [1.54, 1.807) is 0 Å². The zero-order valence-corrected chi connectivity index (χ0v) is 9.37. The smallest absolute Gasteiger partial charge is 0.335 e. The summed E-state index contributed by atoms with van der Waals surface area (Å²) in [5, 5.41) is 13.3. The Balaban J connectivity index is 2.72. The summed E-state index contributed by atoms with van der Waals surface area (Å²) in [6.07, 6.45) is 3.69. The van der Waals surface area contributed by atoms with Crippen LogP contribution in [-0.4, -0.2) is 30.3 Å². The van der Waals surface area contributed by atoms with Gasteiger partial charge in [-0.15, -0.1) is 0 Å². The van der Waals surface area contributed by atoms with Gasteiger partial charge in [0.2, 0.25) is 0 Å². The van der Waals surface area contributed by atoms with Crippen molar-refractivity contribution in [3.8, 4) is 0 Å². The Morgan fingerprint density at radius 3 is 2.62 bits per heavy atom. The Bertz CT molecular complexity index is 283. The first kappa shape index (κ1) is 12.8. The monoisotopic (exact) mass is 227 g/mol. The second kappa shape index (κ2) is 6.35. The first-order valence-corrected chi connectivity index (χ1v) is 5.50. The van der Waals surface area contributed by atoms with Gasteiger partial charge in [-0.3, -0.25) is 0 Å². The molecule has 0 aromatic heterocycles. The average molecular weight is 227 g/mol. The number of esters is 1. The van der Waals surface area contributed by atoms with Gasteiger partial charge in [0.25, 0.3) is 0 Å². The molecule has 0 amide bonds. The van der Waals surface area contributed by atoms with Crippen molar-refractivity contribution >= 4 is 5.97 Å². The molecular weight excluding hydrogens is 210 g/mol. The zero-order valence-electron chi connectivity index (χ0n) is 9.37. The molecule has 1 aliphatic rings. The second-order valence-electron chi connectivity index (χ2n) is 4.06. The number of rotatable bonds is 4. The van der Waals surface area contributed by atoms with Gasteiger partial charge in [-0.05, 0) is 24.3 Å². The lowest BCUT2D eigenvalue weighted by Crippen LogP contribution is -2.39. The Morgan fingerprint density at radius 1 is 1.50 bits per heavy atom. The van der Waals surface area contributed by atoms with Crippen LogP contribution in [0.1, 0.15) is 32.1 Å². The number of hydrogen-bond acceptors (Lipinski definition) is 4. The summed E-state index contributed by atoms with van der Waals surface area (Å²) in [6.45, 7) is 0. The molecule has 0 spiro atoms. The summed E-state index contributed by atoms with van der Waals surface area (Å²) in [7, 11) is 1.21. The molecule has 0 radical (unpaired) electrons. The number of aliphatic hydroxyl groups is 1. The third-order valence-electron chi connectivity index (χ3n) is 3.08. The molecule has 0 heterocycles. The number of aliphatic hydroxyl groups excluding tert-OH is 1. The number of carbonyl (C=O) groups is 1. The van der Waals surface area contributed by atoms with Crippen LogP contribution in [0.4, 0.5) is 0 Å². The molecule has 1 saturated carbocycles. The van der Waals surface area contributed by atoms with Crippen LogP contribution < -0.4 is 0 Å². The number of azide groups is 1. The number of methoxy groups -OCH3 is 1. The van der Waals surface area contributed by atoms with Gasteiger partial charge in [-0.2, -0.15) is 0 Å². The van der Waals surface area contributed by atoms with Crippen LogP contribution in [-0.2, 0) is 9.53 Å². The van der Waals surface area contributed by atoms with E-state index in [4.69, 9.17) is 5.53 Å². The Kier molecular flexibility index (Phi) is 5.08. The van der Waals surface area contributed by atoms with Crippen LogP contribution in [0, 0.1) is 5.92 Å². The highest BCUT2D eigenvalue weighted by Gasteiger charge is 2.33. The molecular formula is C10H17N3O3. The van der Waals surface area contributed by atoms with E-state index < -0.39 is 18.1 Å². The Hall–Kier alpha value is -1.26. The minimum absolute atomic E-state index is 0.0822. The van der Waals surface area contributed by atoms with Crippen molar-refractivity contribution in [2.45, 2.75) is 44.2 Å². The molecule has 2 atom stereocenters. The van der Waals surface area contributed by atoms with E-state index in [-0.39, 0.29) is 5.92 Å². The largest absolute Gasteiger partial charge is 0.467 e. The van der Waals surface area contributed by atoms with Gasteiger partial charge in [0, 0.05) is 4.91 Å². The van der Waals surface area contributed by atoms with E-state index in [9.17, 15) is 9.90 Å². The maximum Gasteiger partial charge on any atom is 0.335 e. The Labute approximate surface area is 94.2 Å². The highest BCUT2D eigenvalue weighted by molar-refractivity contribution is 5.75. The summed E-state index contributed by atoms with van der Waals surface area (Å²) >= 11 is 0. The second-order valence-corrected chi connectivity index (χ2v) is 4.06. The van der Waals surface area contributed by atoms with Crippen molar-refractivity contribution in [2.24, 2.45) is 11.0 Å². The van der Waals surface area contributed by atoms with Crippen molar-refractivity contribution in [3.05, 3.63) is 10.4 Å². The predicted molar refractivity (Wildman–Crippen MR) is 57.5 cm³/mol. The van der Waals surface area contributed by atoms with Gasteiger partial charge >= 0.3 is 5.97 Å². The molecule has 6 heteroatoms. The van der Waals surface area contributed by atoms with E-state index in [1.165, 1.54) is 7.11 Å². The SMILES string of the molecule is COC(=O)[C@H](O)[C@@H](N=[N+]=[N-])C1CCCCC1. The Morgan fingerprint density at radius 2 is 2.12 bits per heavy atom. The zero-order chi connectivity index (χ0) is 12.0. The van der Waals surface area contributed by atoms with Crippen LogP contribution in [0.25, 0.3) is 10.4 Å². The number of carbonyl (C=O) groups excluding carboxylic acids is 1. The number of ether oxygens (including phenoxy) is 1. The van der Waals surface area contributed by atoms with Gasteiger partial charge in [0.1, 0.15) is 0 Å². The van der Waals surface area contributed by atoms with E-state index in [0.717, 1.165) is 32.1 Å². The van der Waals surface area contributed by atoms with E-state index >= 15 is 0 Å². The average Bonchev–Trinajstić information content (AvgIpc) is 2.35. The van der Waals surface area contributed by atoms with Crippen molar-refractivity contribution < 1.29 is 14.6 Å². The molecule has 1 rings (SSSR count). The fourth-order valence-corrected chi connectivity index (χ4v) is 2.21. The molecule has 6 nitrogen and oxygen atoms in total. The van der Waals surface area contributed by atoms with Gasteiger partial charge < -0.3 is 9.84 Å². The van der Waals surface area contributed by atoms with Gasteiger partial charge in [-0.1, -0.05) is 24.4 Å². The van der Waals surface area contributed by atoms with E-state index in [0.29, 0.717) is 0 Å². The quantitative estimate of drug-likeness (QED) is 0.343. The molecule has 1 fully saturated rings. The first-order valence-electron chi connectivity index (χ1n) is 5.50. The van der Waals surface area contributed by atoms with Crippen molar-refractivity contribution in [3.63, 3.8) is 0 Å². The summed E-state index contributed by atoms with van der Waals surface area (Å²) in [4.78, 5) is 13.9. The molecule has 0 aromatic carbocycles. The molecule has 1 aliphatic carbocycles. The summed E-state index contributed by atoms with van der Waals surface area (Å²) in [5.74, 6) is -0.651. The summed E-state index contributed by atoms with van der Waals surface area (Å²) < 4.78 is 4.46. The van der Waals surface area contributed by atoms with Crippen LogP contribution in [0.5, 0.6) is 0 Å². The topological polar surface area (TPSA) is 95.3 Å². The van der Waals surface area contributed by atoms with Crippen molar-refractivity contribution in [2.75, 3.05) is 7.11 Å². The maximum atomic E-state index is 11.2. The van der Waals surface area contributed by atoms with Crippen molar-refractivity contribution in [1.82, 2.24) is 0 Å². The van der Waals surface area contributed by atoms with E-state index in [2.05, 4.69) is 14.8 Å². The molecule has 0 unspecified atom stereocenters. The highest BCUT2D eigenvalue weighted by Crippen LogP contribution is 2.29. The molecule has 0 aromatic rings. The summed E-state index contributed by atoms with van der Waals surface area (Å²) in [6, 6.07) is -0.697. The van der Waals surface area contributed by atoms with Gasteiger partial charge in [0.05, 0.1) is 13.2 Å². The highest BCUT2D eigenvalue weighted by atomic mass is 16.5. The van der Waals surface area contributed by atoms with Crippen LogP contribution in [0.15, 0.2) is 5.11 Å². The minimum Gasteiger partial charge on any atom is -0.467 e. The van der Waals surface area contributed by atoms with Crippen molar-refractivity contribution in [1.29, 1.82) is 0 Å². The minimum atomic E-state index is -1.34. The number of nitrogens with zero attached hydrogens (tertiary/aromatic N) is 3. The third kappa shape index (κ3) is 3.12. The third-order valence-corrected chi connectivity index (χ3v) is 3.08. The first-order chi connectivity index (χ1) is 7.70. The van der Waals surface area contributed by atoms with Crippen LogP contribution in [0.2, 0.25) is 0 Å². The number of hydrogen-bond donors (Lipinski definition) is 1. The molecule has 1 N–H and O–H groups in total. The van der Waals surface area contributed by atoms with Crippen LogP contribution in [0.3, 0.4) is 0 Å². The lowest BCUT2D eigenvalue weighted by molar-refractivity contribution is -0.152. The van der Waals surface area contributed by atoms with E-state index in [1.807, 2.05) is 0 Å². The molecule has 0 saturated heterocycles. The molecule has 90 valence electrons. The normalized spacial score (nSPS) is 20.6. The lowest BCUT2D eigenvalue weighted by Gasteiger charge is -2.29. The fraction of sp³-hybridized carbons (Fsp3) is 0.900. The maximum absolute atomic E-state index is 11.2.